The largest absolute Gasteiger partial charge is 0.477 e. The Morgan fingerprint density at radius 3 is 2.44 bits per heavy atom. The van der Waals surface area contributed by atoms with Gasteiger partial charge in [-0.3, -0.25) is 9.36 Å². The van der Waals surface area contributed by atoms with Gasteiger partial charge in [0.05, 0.1) is 15.1 Å². The number of carboxylic acid groups (broad SMARTS) is 1. The highest BCUT2D eigenvalue weighted by atomic mass is 35.5. The maximum absolute atomic E-state index is 14.3. The predicted molar refractivity (Wildman–Crippen MR) is 102 cm³/mol. The minimum atomic E-state index is -1.47. The molecule has 0 unspecified atom stereocenters. The van der Waals surface area contributed by atoms with Gasteiger partial charge in [0, 0.05) is 17.5 Å². The quantitative estimate of drug-likeness (QED) is 0.638. The van der Waals surface area contributed by atoms with Crippen LogP contribution in [0.25, 0.3) is 16.9 Å². The molecular formula is C18H10Cl3FN2O3. The van der Waals surface area contributed by atoms with Gasteiger partial charge < -0.3 is 5.11 Å². The van der Waals surface area contributed by atoms with Gasteiger partial charge in [-0.1, -0.05) is 40.9 Å². The first-order chi connectivity index (χ1) is 12.7. The highest BCUT2D eigenvalue weighted by Gasteiger charge is 2.23. The Hall–Kier alpha value is -2.41. The second-order valence-corrected chi connectivity index (χ2v) is 6.86. The molecule has 3 rings (SSSR count). The van der Waals surface area contributed by atoms with Crippen LogP contribution in [-0.2, 0) is 0 Å². The van der Waals surface area contributed by atoms with Crippen molar-refractivity contribution < 1.29 is 14.3 Å². The van der Waals surface area contributed by atoms with E-state index in [1.54, 1.807) is 6.07 Å². The molecule has 0 radical (unpaired) electrons. The Balaban J connectivity index is 2.35. The van der Waals surface area contributed by atoms with Crippen LogP contribution in [0, 0.1) is 12.7 Å². The molecule has 2 heterocycles. The average Bonchev–Trinajstić information content (AvgIpc) is 2.58. The number of hydrogen-bond acceptors (Lipinski definition) is 3. The van der Waals surface area contributed by atoms with E-state index in [0.29, 0.717) is 5.56 Å². The fraction of sp³-hybridized carbons (Fsp3) is 0.0556. The number of carboxylic acids is 1. The summed E-state index contributed by atoms with van der Waals surface area (Å²) in [7, 11) is 0. The minimum Gasteiger partial charge on any atom is -0.477 e. The highest BCUT2D eigenvalue weighted by Crippen LogP contribution is 2.30. The number of rotatable bonds is 3. The average molecular weight is 428 g/mol. The summed E-state index contributed by atoms with van der Waals surface area (Å²) in [5, 5.41) is 10.1. The Kier molecular flexibility index (Phi) is 5.24. The Labute approximate surface area is 167 Å². The summed E-state index contributed by atoms with van der Waals surface area (Å²) in [5.41, 5.74) is -0.680. The molecule has 0 atom stereocenters. The van der Waals surface area contributed by atoms with Crippen LogP contribution in [0.15, 0.2) is 41.3 Å². The SMILES string of the molecule is Cc1cc(-c2ccc(Cl)c(Cl)c2)c(C(=O)O)c(=O)n1-c1ncc(Cl)cc1F. The molecular weight excluding hydrogens is 418 g/mol. The van der Waals surface area contributed by atoms with Crippen LogP contribution in [0.1, 0.15) is 16.1 Å². The lowest BCUT2D eigenvalue weighted by Gasteiger charge is -2.15. The molecule has 27 heavy (non-hydrogen) atoms. The van der Waals surface area contributed by atoms with Crippen LogP contribution in [0.2, 0.25) is 15.1 Å². The minimum absolute atomic E-state index is 0.0489. The molecule has 138 valence electrons. The first-order valence-electron chi connectivity index (χ1n) is 7.47. The van der Waals surface area contributed by atoms with Crippen molar-refractivity contribution in [3.8, 4) is 16.9 Å². The summed E-state index contributed by atoms with van der Waals surface area (Å²) < 4.78 is 15.1. The summed E-state index contributed by atoms with van der Waals surface area (Å²) in [6, 6.07) is 6.92. The zero-order chi connectivity index (χ0) is 19.9. The standard InChI is InChI=1S/C18H10Cl3FN2O3/c1-8-4-11(9-2-3-12(20)13(21)5-9)15(18(26)27)17(25)24(8)16-14(22)6-10(19)7-23-16/h2-7H,1H3,(H,26,27). The van der Waals surface area contributed by atoms with Gasteiger partial charge in [-0.25, -0.2) is 14.2 Å². The molecule has 0 aliphatic heterocycles. The first-order valence-corrected chi connectivity index (χ1v) is 8.61. The maximum atomic E-state index is 14.3. The molecule has 2 aromatic heterocycles. The van der Waals surface area contributed by atoms with Gasteiger partial charge in [0.1, 0.15) is 5.56 Å². The van der Waals surface area contributed by atoms with E-state index in [0.717, 1.165) is 10.6 Å². The van der Waals surface area contributed by atoms with Crippen LogP contribution in [0.5, 0.6) is 0 Å². The molecule has 3 aromatic rings. The van der Waals surface area contributed by atoms with E-state index in [2.05, 4.69) is 4.98 Å². The van der Waals surface area contributed by atoms with Crippen molar-refractivity contribution >= 4 is 40.8 Å². The van der Waals surface area contributed by atoms with Crippen molar-refractivity contribution in [2.75, 3.05) is 0 Å². The van der Waals surface area contributed by atoms with Gasteiger partial charge >= 0.3 is 5.97 Å². The number of halogens is 4. The Bertz CT molecular complexity index is 1150. The topological polar surface area (TPSA) is 72.2 Å². The van der Waals surface area contributed by atoms with E-state index >= 15 is 0 Å². The number of aryl methyl sites for hydroxylation is 1. The van der Waals surface area contributed by atoms with Crippen molar-refractivity contribution in [2.45, 2.75) is 6.92 Å². The van der Waals surface area contributed by atoms with Gasteiger partial charge in [-0.05, 0) is 36.8 Å². The number of nitrogens with zero attached hydrogens (tertiary/aromatic N) is 2. The van der Waals surface area contributed by atoms with Crippen molar-refractivity contribution in [1.29, 1.82) is 0 Å². The smallest absolute Gasteiger partial charge is 0.342 e. The molecule has 0 amide bonds. The lowest BCUT2D eigenvalue weighted by molar-refractivity contribution is 0.0695. The molecule has 1 N–H and O–H groups in total. The Morgan fingerprint density at radius 2 is 1.85 bits per heavy atom. The molecule has 9 heteroatoms. The summed E-state index contributed by atoms with van der Waals surface area (Å²) in [5.74, 6) is -2.67. The molecule has 0 saturated carbocycles. The second kappa shape index (κ2) is 7.31. The van der Waals surface area contributed by atoms with Gasteiger partial charge in [0.2, 0.25) is 0 Å². The summed E-state index contributed by atoms with van der Waals surface area (Å²) in [6.45, 7) is 1.53. The zero-order valence-corrected chi connectivity index (χ0v) is 15.9. The molecule has 0 saturated heterocycles. The molecule has 0 aliphatic rings. The van der Waals surface area contributed by atoms with Gasteiger partial charge in [0.25, 0.3) is 5.56 Å². The number of pyridine rings is 2. The number of carbonyl (C=O) groups is 1. The second-order valence-electron chi connectivity index (χ2n) is 5.61. The van der Waals surface area contributed by atoms with Crippen LogP contribution in [0.3, 0.4) is 0 Å². The van der Waals surface area contributed by atoms with Crippen molar-refractivity contribution in [3.05, 3.63) is 79.0 Å². The maximum Gasteiger partial charge on any atom is 0.342 e. The fourth-order valence-corrected chi connectivity index (χ4v) is 3.11. The third kappa shape index (κ3) is 3.56. The lowest BCUT2D eigenvalue weighted by Crippen LogP contribution is -2.29. The summed E-state index contributed by atoms with van der Waals surface area (Å²) >= 11 is 17.6. The number of aromatic nitrogens is 2. The zero-order valence-electron chi connectivity index (χ0n) is 13.6. The third-order valence-corrected chi connectivity index (χ3v) is 4.78. The highest BCUT2D eigenvalue weighted by molar-refractivity contribution is 6.42. The van der Waals surface area contributed by atoms with Crippen molar-refractivity contribution in [3.63, 3.8) is 0 Å². The van der Waals surface area contributed by atoms with Gasteiger partial charge in [-0.2, -0.15) is 0 Å². The third-order valence-electron chi connectivity index (χ3n) is 3.84. The van der Waals surface area contributed by atoms with Crippen LogP contribution in [0.4, 0.5) is 4.39 Å². The first kappa shape index (κ1) is 19.4. The van der Waals surface area contributed by atoms with Crippen molar-refractivity contribution in [2.24, 2.45) is 0 Å². The van der Waals surface area contributed by atoms with E-state index in [1.807, 2.05) is 0 Å². The van der Waals surface area contributed by atoms with Gasteiger partial charge in [-0.15, -0.1) is 0 Å². The molecule has 1 aromatic carbocycles. The van der Waals surface area contributed by atoms with Gasteiger partial charge in [0.15, 0.2) is 11.6 Å². The van der Waals surface area contributed by atoms with Crippen molar-refractivity contribution in [1.82, 2.24) is 9.55 Å². The van der Waals surface area contributed by atoms with E-state index in [1.165, 1.54) is 31.3 Å². The molecule has 0 aliphatic carbocycles. The van der Waals surface area contributed by atoms with Crippen LogP contribution < -0.4 is 5.56 Å². The van der Waals surface area contributed by atoms with E-state index in [4.69, 9.17) is 34.8 Å². The summed E-state index contributed by atoms with van der Waals surface area (Å²) in [6.07, 6.45) is 1.17. The number of aromatic carboxylic acids is 1. The number of hydrogen-bond donors (Lipinski definition) is 1. The van der Waals surface area contributed by atoms with Crippen LogP contribution >= 0.6 is 34.8 Å². The Morgan fingerprint density at radius 1 is 1.15 bits per heavy atom. The van der Waals surface area contributed by atoms with E-state index < -0.39 is 22.9 Å². The predicted octanol–water partition coefficient (Wildman–Crippen LogP) is 5.01. The van der Waals surface area contributed by atoms with E-state index in [-0.39, 0.29) is 32.1 Å². The van der Waals surface area contributed by atoms with Crippen LogP contribution in [-0.4, -0.2) is 20.6 Å². The molecule has 0 fully saturated rings. The number of benzene rings is 1. The molecule has 0 spiro atoms. The fourth-order valence-electron chi connectivity index (χ4n) is 2.67. The summed E-state index contributed by atoms with van der Waals surface area (Å²) in [4.78, 5) is 28.5. The monoisotopic (exact) mass is 426 g/mol. The normalized spacial score (nSPS) is 10.9. The molecule has 0 bridgehead atoms. The lowest BCUT2D eigenvalue weighted by atomic mass is 10.00. The molecule has 5 nitrogen and oxygen atoms in total. The van der Waals surface area contributed by atoms with E-state index in [9.17, 15) is 19.1 Å².